The van der Waals surface area contributed by atoms with Crippen LogP contribution in [0, 0.1) is 13.8 Å². The number of hydrogen-bond acceptors (Lipinski definition) is 1. The van der Waals surface area contributed by atoms with Crippen LogP contribution < -0.4 is 5.32 Å². The summed E-state index contributed by atoms with van der Waals surface area (Å²) in [6, 6.07) is 6.37. The quantitative estimate of drug-likeness (QED) is 0.764. The lowest BCUT2D eigenvalue weighted by atomic mass is 10.0. The zero-order valence-electron chi connectivity index (χ0n) is 9.22. The number of hydrogen-bond donors (Lipinski definition) is 1. The first-order chi connectivity index (χ1) is 6.50. The largest absolute Gasteiger partial charge is 0.350 e. The lowest BCUT2D eigenvalue weighted by Gasteiger charge is -2.15. The Kier molecular flexibility index (Phi) is 3.28. The molecule has 1 aromatic rings. The maximum Gasteiger partial charge on any atom is 0.217 e. The SMILES string of the molecule is CC(=O)N[C@@H](C)c1ccc(C)cc1C. The van der Waals surface area contributed by atoms with Crippen LogP contribution in [0.2, 0.25) is 0 Å². The molecule has 0 radical (unpaired) electrons. The van der Waals surface area contributed by atoms with E-state index in [1.165, 1.54) is 16.7 Å². The monoisotopic (exact) mass is 191 g/mol. The van der Waals surface area contributed by atoms with Crippen molar-refractivity contribution in [3.05, 3.63) is 34.9 Å². The van der Waals surface area contributed by atoms with Crippen molar-refractivity contribution in [3.8, 4) is 0 Å². The van der Waals surface area contributed by atoms with Crippen LogP contribution in [0.3, 0.4) is 0 Å². The fraction of sp³-hybridized carbons (Fsp3) is 0.417. The van der Waals surface area contributed by atoms with Crippen LogP contribution in [-0.2, 0) is 4.79 Å². The number of nitrogens with one attached hydrogen (secondary N) is 1. The summed E-state index contributed by atoms with van der Waals surface area (Å²) in [6.07, 6.45) is 0. The Labute approximate surface area is 85.3 Å². The first-order valence-corrected chi connectivity index (χ1v) is 4.85. The van der Waals surface area contributed by atoms with Crippen molar-refractivity contribution in [2.75, 3.05) is 0 Å². The molecule has 1 amide bonds. The van der Waals surface area contributed by atoms with E-state index < -0.39 is 0 Å². The van der Waals surface area contributed by atoms with Gasteiger partial charge in [-0.1, -0.05) is 23.8 Å². The molecule has 0 heterocycles. The highest BCUT2D eigenvalue weighted by molar-refractivity contribution is 5.73. The van der Waals surface area contributed by atoms with Gasteiger partial charge < -0.3 is 5.32 Å². The van der Waals surface area contributed by atoms with Crippen molar-refractivity contribution < 1.29 is 4.79 Å². The van der Waals surface area contributed by atoms with Crippen LogP contribution in [-0.4, -0.2) is 5.91 Å². The van der Waals surface area contributed by atoms with Crippen LogP contribution in [0.25, 0.3) is 0 Å². The van der Waals surface area contributed by atoms with E-state index in [-0.39, 0.29) is 11.9 Å². The molecule has 2 nitrogen and oxygen atoms in total. The van der Waals surface area contributed by atoms with Crippen molar-refractivity contribution in [3.63, 3.8) is 0 Å². The lowest BCUT2D eigenvalue weighted by Crippen LogP contribution is -2.24. The molecule has 2 heteroatoms. The average Bonchev–Trinajstić information content (AvgIpc) is 2.01. The summed E-state index contributed by atoms with van der Waals surface area (Å²) in [5.74, 6) is 0.0116. The molecule has 0 aliphatic rings. The van der Waals surface area contributed by atoms with Crippen LogP contribution in [0.15, 0.2) is 18.2 Å². The van der Waals surface area contributed by atoms with Crippen molar-refractivity contribution >= 4 is 5.91 Å². The summed E-state index contributed by atoms with van der Waals surface area (Å²) in [5.41, 5.74) is 3.67. The van der Waals surface area contributed by atoms with E-state index >= 15 is 0 Å². The second kappa shape index (κ2) is 4.27. The van der Waals surface area contributed by atoms with Gasteiger partial charge in [-0.3, -0.25) is 4.79 Å². The summed E-state index contributed by atoms with van der Waals surface area (Å²) < 4.78 is 0. The van der Waals surface area contributed by atoms with Gasteiger partial charge in [-0.25, -0.2) is 0 Å². The Balaban J connectivity index is 2.90. The van der Waals surface area contributed by atoms with Crippen LogP contribution in [0.4, 0.5) is 0 Å². The number of benzene rings is 1. The van der Waals surface area contributed by atoms with Gasteiger partial charge in [0.15, 0.2) is 0 Å². The molecule has 0 saturated carbocycles. The second-order valence-electron chi connectivity index (χ2n) is 3.78. The van der Waals surface area contributed by atoms with E-state index in [1.54, 1.807) is 6.92 Å². The molecule has 0 saturated heterocycles. The third-order valence-electron chi connectivity index (χ3n) is 2.31. The Morgan fingerprint density at radius 1 is 1.36 bits per heavy atom. The number of carbonyl (C=O) groups is 1. The third-order valence-corrected chi connectivity index (χ3v) is 2.31. The van der Waals surface area contributed by atoms with Crippen molar-refractivity contribution in [1.29, 1.82) is 0 Å². The minimum Gasteiger partial charge on any atom is -0.350 e. The van der Waals surface area contributed by atoms with Crippen molar-refractivity contribution in [2.45, 2.75) is 33.7 Å². The van der Waals surface area contributed by atoms with Gasteiger partial charge in [0, 0.05) is 6.92 Å². The maximum absolute atomic E-state index is 10.9. The molecule has 0 aromatic heterocycles. The number of aryl methyl sites for hydroxylation is 2. The minimum absolute atomic E-state index is 0.0116. The predicted molar refractivity (Wildman–Crippen MR) is 58.1 cm³/mol. The first kappa shape index (κ1) is 10.8. The molecule has 0 unspecified atom stereocenters. The van der Waals surface area contributed by atoms with Crippen LogP contribution in [0.5, 0.6) is 0 Å². The molecule has 0 fully saturated rings. The van der Waals surface area contributed by atoms with Gasteiger partial charge in [0.2, 0.25) is 5.91 Å². The molecule has 1 N–H and O–H groups in total. The van der Waals surface area contributed by atoms with Gasteiger partial charge in [0.25, 0.3) is 0 Å². The highest BCUT2D eigenvalue weighted by Gasteiger charge is 2.08. The smallest absolute Gasteiger partial charge is 0.217 e. The van der Waals surface area contributed by atoms with Crippen LogP contribution in [0.1, 0.15) is 36.6 Å². The van der Waals surface area contributed by atoms with Crippen LogP contribution >= 0.6 is 0 Å². The van der Waals surface area contributed by atoms with E-state index in [0.717, 1.165) is 0 Å². The predicted octanol–water partition coefficient (Wildman–Crippen LogP) is 2.50. The Morgan fingerprint density at radius 3 is 2.50 bits per heavy atom. The standard InChI is InChI=1S/C12H17NO/c1-8-5-6-12(9(2)7-8)10(3)13-11(4)14/h5-7,10H,1-4H3,(H,13,14)/t10-/m0/s1. The molecule has 14 heavy (non-hydrogen) atoms. The van der Waals surface area contributed by atoms with Crippen molar-refractivity contribution in [2.24, 2.45) is 0 Å². The Bertz CT molecular complexity index is 344. The molecule has 1 rings (SSSR count). The molecular formula is C12H17NO. The summed E-state index contributed by atoms with van der Waals surface area (Å²) in [7, 11) is 0. The van der Waals surface area contributed by atoms with Gasteiger partial charge in [0.1, 0.15) is 0 Å². The molecule has 1 atom stereocenters. The minimum atomic E-state index is 0.0116. The van der Waals surface area contributed by atoms with E-state index in [4.69, 9.17) is 0 Å². The highest BCUT2D eigenvalue weighted by atomic mass is 16.1. The molecule has 0 spiro atoms. The van der Waals surface area contributed by atoms with Gasteiger partial charge in [-0.2, -0.15) is 0 Å². The summed E-state index contributed by atoms with van der Waals surface area (Å²) in [6.45, 7) is 7.68. The molecule has 0 bridgehead atoms. The van der Waals surface area contributed by atoms with Gasteiger partial charge in [-0.15, -0.1) is 0 Å². The fourth-order valence-electron chi connectivity index (χ4n) is 1.69. The molecular weight excluding hydrogens is 174 g/mol. The molecule has 76 valence electrons. The normalized spacial score (nSPS) is 12.3. The maximum atomic E-state index is 10.9. The highest BCUT2D eigenvalue weighted by Crippen LogP contribution is 2.18. The van der Waals surface area contributed by atoms with E-state index in [9.17, 15) is 4.79 Å². The Morgan fingerprint density at radius 2 is 2.00 bits per heavy atom. The fourth-order valence-corrected chi connectivity index (χ4v) is 1.69. The van der Waals surface area contributed by atoms with Gasteiger partial charge >= 0.3 is 0 Å². The first-order valence-electron chi connectivity index (χ1n) is 4.85. The molecule has 0 aliphatic heterocycles. The zero-order chi connectivity index (χ0) is 10.7. The topological polar surface area (TPSA) is 29.1 Å². The molecule has 1 aromatic carbocycles. The van der Waals surface area contributed by atoms with Gasteiger partial charge in [0.05, 0.1) is 6.04 Å². The van der Waals surface area contributed by atoms with E-state index in [1.807, 2.05) is 6.92 Å². The molecule has 0 aliphatic carbocycles. The summed E-state index contributed by atoms with van der Waals surface area (Å²) >= 11 is 0. The Hall–Kier alpha value is -1.31. The van der Waals surface area contributed by atoms with Gasteiger partial charge in [-0.05, 0) is 31.9 Å². The zero-order valence-corrected chi connectivity index (χ0v) is 9.22. The van der Waals surface area contributed by atoms with E-state index in [2.05, 4.69) is 37.4 Å². The van der Waals surface area contributed by atoms with E-state index in [0.29, 0.717) is 0 Å². The summed E-state index contributed by atoms with van der Waals surface area (Å²) in [4.78, 5) is 10.9. The second-order valence-corrected chi connectivity index (χ2v) is 3.78. The number of amides is 1. The average molecular weight is 191 g/mol. The summed E-state index contributed by atoms with van der Waals surface area (Å²) in [5, 5.41) is 2.88. The van der Waals surface area contributed by atoms with Crippen molar-refractivity contribution in [1.82, 2.24) is 5.32 Å². The third kappa shape index (κ3) is 2.59. The number of carbonyl (C=O) groups excluding carboxylic acids is 1. The lowest BCUT2D eigenvalue weighted by molar-refractivity contribution is -0.119. The number of rotatable bonds is 2.